The number of nitrogen functional groups attached to an aromatic ring is 1. The molecule has 144 valence electrons. The number of hydrogen-bond acceptors (Lipinski definition) is 3. The zero-order valence-corrected chi connectivity index (χ0v) is 16.3. The highest BCUT2D eigenvalue weighted by atomic mass is 35.5. The van der Waals surface area contributed by atoms with Gasteiger partial charge in [-0.25, -0.2) is 4.39 Å². The second-order valence-electron chi connectivity index (χ2n) is 6.28. The first-order valence-electron chi connectivity index (χ1n) is 8.26. The quantitative estimate of drug-likeness (QED) is 0.770. The van der Waals surface area contributed by atoms with E-state index < -0.39 is 11.7 Å². The van der Waals surface area contributed by atoms with E-state index in [9.17, 15) is 14.0 Å². The third-order valence-electron chi connectivity index (χ3n) is 4.51. The molecule has 0 radical (unpaired) electrons. The Morgan fingerprint density at radius 3 is 2.07 bits per heavy atom. The topological polar surface area (TPSA) is 66.6 Å². The SMILES string of the molecule is Cc1ccc(N)cc1C(=O)N1CCN(C(=O)c2ccc(Cl)cc2F)CC1.Cl. The highest BCUT2D eigenvalue weighted by Crippen LogP contribution is 2.19. The van der Waals surface area contributed by atoms with Gasteiger partial charge in [-0.3, -0.25) is 9.59 Å². The van der Waals surface area contributed by atoms with Crippen LogP contribution in [-0.2, 0) is 0 Å². The molecule has 2 amide bonds. The Bertz CT molecular complexity index is 868. The predicted octanol–water partition coefficient (Wildman–Crippen LogP) is 3.39. The lowest BCUT2D eigenvalue weighted by molar-refractivity contribution is 0.0532. The predicted molar refractivity (Wildman–Crippen MR) is 106 cm³/mol. The van der Waals surface area contributed by atoms with Crippen molar-refractivity contribution in [1.82, 2.24) is 9.80 Å². The van der Waals surface area contributed by atoms with E-state index in [-0.39, 0.29) is 28.9 Å². The first kappa shape index (κ1) is 21.0. The number of rotatable bonds is 2. The number of amides is 2. The molecular formula is C19H20Cl2FN3O2. The van der Waals surface area contributed by atoms with Gasteiger partial charge >= 0.3 is 0 Å². The van der Waals surface area contributed by atoms with Gasteiger partial charge in [-0.05, 0) is 42.8 Å². The number of hydrogen-bond donors (Lipinski definition) is 1. The van der Waals surface area contributed by atoms with Gasteiger partial charge in [0.2, 0.25) is 0 Å². The number of nitrogens with two attached hydrogens (primary N) is 1. The molecule has 1 heterocycles. The Labute approximate surface area is 168 Å². The van der Waals surface area contributed by atoms with Crippen LogP contribution in [0.2, 0.25) is 5.02 Å². The number of aryl methyl sites for hydroxylation is 1. The Hall–Kier alpha value is -2.31. The molecule has 27 heavy (non-hydrogen) atoms. The number of benzene rings is 2. The standard InChI is InChI=1S/C19H19ClFN3O2.ClH/c1-12-2-4-14(22)11-16(12)19(26)24-8-6-23(7-9-24)18(25)15-5-3-13(20)10-17(15)21;/h2-5,10-11H,6-9,22H2,1H3;1H. The second kappa shape index (κ2) is 8.59. The van der Waals surface area contributed by atoms with E-state index in [4.69, 9.17) is 17.3 Å². The molecule has 0 aromatic heterocycles. The molecule has 2 aromatic carbocycles. The summed E-state index contributed by atoms with van der Waals surface area (Å²) >= 11 is 5.73. The molecule has 0 unspecified atom stereocenters. The number of carbonyl (C=O) groups excluding carboxylic acids is 2. The van der Waals surface area contributed by atoms with Crippen molar-refractivity contribution >= 4 is 41.5 Å². The van der Waals surface area contributed by atoms with E-state index in [2.05, 4.69) is 0 Å². The molecule has 8 heteroatoms. The van der Waals surface area contributed by atoms with Crippen molar-refractivity contribution in [2.45, 2.75) is 6.92 Å². The Kier molecular flexibility index (Phi) is 6.68. The van der Waals surface area contributed by atoms with Crippen LogP contribution < -0.4 is 5.73 Å². The van der Waals surface area contributed by atoms with Crippen LogP contribution in [-0.4, -0.2) is 47.8 Å². The third-order valence-corrected chi connectivity index (χ3v) is 4.74. The number of anilines is 1. The molecule has 2 N–H and O–H groups in total. The first-order valence-corrected chi connectivity index (χ1v) is 8.64. The van der Waals surface area contributed by atoms with Crippen LogP contribution in [0.1, 0.15) is 26.3 Å². The summed E-state index contributed by atoms with van der Waals surface area (Å²) in [5, 5.41) is 0.243. The summed E-state index contributed by atoms with van der Waals surface area (Å²) < 4.78 is 14.0. The largest absolute Gasteiger partial charge is 0.399 e. The van der Waals surface area contributed by atoms with Gasteiger partial charge < -0.3 is 15.5 Å². The van der Waals surface area contributed by atoms with Gasteiger partial charge in [-0.15, -0.1) is 12.4 Å². The van der Waals surface area contributed by atoms with Gasteiger partial charge in [0.05, 0.1) is 5.56 Å². The van der Waals surface area contributed by atoms with Crippen LogP contribution in [0.25, 0.3) is 0 Å². The fourth-order valence-electron chi connectivity index (χ4n) is 2.99. The first-order chi connectivity index (χ1) is 12.4. The van der Waals surface area contributed by atoms with E-state index in [0.717, 1.165) is 11.6 Å². The molecule has 1 aliphatic rings. The summed E-state index contributed by atoms with van der Waals surface area (Å²) in [6, 6.07) is 9.22. The number of nitrogens with zero attached hydrogens (tertiary/aromatic N) is 2. The summed E-state index contributed by atoms with van der Waals surface area (Å²) in [4.78, 5) is 28.4. The lowest BCUT2D eigenvalue weighted by Gasteiger charge is -2.35. The van der Waals surface area contributed by atoms with E-state index >= 15 is 0 Å². The van der Waals surface area contributed by atoms with Crippen molar-refractivity contribution in [2.24, 2.45) is 0 Å². The minimum atomic E-state index is -0.642. The minimum Gasteiger partial charge on any atom is -0.399 e. The highest BCUT2D eigenvalue weighted by Gasteiger charge is 2.27. The summed E-state index contributed by atoms with van der Waals surface area (Å²) in [6.07, 6.45) is 0. The zero-order valence-electron chi connectivity index (χ0n) is 14.7. The molecule has 0 spiro atoms. The average molecular weight is 412 g/mol. The van der Waals surface area contributed by atoms with Crippen molar-refractivity contribution in [3.8, 4) is 0 Å². The van der Waals surface area contributed by atoms with Gasteiger partial charge in [0.15, 0.2) is 0 Å². The molecule has 1 fully saturated rings. The van der Waals surface area contributed by atoms with Crippen LogP contribution in [0.5, 0.6) is 0 Å². The molecule has 0 atom stereocenters. The molecule has 1 saturated heterocycles. The van der Waals surface area contributed by atoms with E-state index in [0.29, 0.717) is 37.4 Å². The van der Waals surface area contributed by atoms with Gasteiger partial charge in [0.25, 0.3) is 11.8 Å². The van der Waals surface area contributed by atoms with Crippen LogP contribution in [0.4, 0.5) is 10.1 Å². The fourth-order valence-corrected chi connectivity index (χ4v) is 3.15. The normalized spacial score (nSPS) is 13.9. The maximum atomic E-state index is 14.0. The van der Waals surface area contributed by atoms with Gasteiger partial charge in [-0.1, -0.05) is 17.7 Å². The second-order valence-corrected chi connectivity index (χ2v) is 6.72. The van der Waals surface area contributed by atoms with Crippen molar-refractivity contribution in [1.29, 1.82) is 0 Å². The fraction of sp³-hybridized carbons (Fsp3) is 0.263. The van der Waals surface area contributed by atoms with Crippen molar-refractivity contribution < 1.29 is 14.0 Å². The van der Waals surface area contributed by atoms with Gasteiger partial charge in [0, 0.05) is 42.5 Å². The monoisotopic (exact) mass is 411 g/mol. The zero-order chi connectivity index (χ0) is 18.8. The molecule has 5 nitrogen and oxygen atoms in total. The molecule has 0 aliphatic carbocycles. The van der Waals surface area contributed by atoms with E-state index in [1.54, 1.807) is 21.9 Å². The smallest absolute Gasteiger partial charge is 0.256 e. The number of piperazine rings is 1. The molecule has 2 aromatic rings. The van der Waals surface area contributed by atoms with Crippen molar-refractivity contribution in [2.75, 3.05) is 31.9 Å². The van der Waals surface area contributed by atoms with Crippen molar-refractivity contribution in [3.63, 3.8) is 0 Å². The summed E-state index contributed by atoms with van der Waals surface area (Å²) in [5.41, 5.74) is 7.71. The van der Waals surface area contributed by atoms with E-state index in [1.807, 2.05) is 13.0 Å². The third kappa shape index (κ3) is 4.51. The molecule has 3 rings (SSSR count). The van der Waals surface area contributed by atoms with Crippen LogP contribution in [0, 0.1) is 12.7 Å². The van der Waals surface area contributed by atoms with Crippen LogP contribution >= 0.6 is 24.0 Å². The molecule has 0 bridgehead atoms. The average Bonchev–Trinajstić information content (AvgIpc) is 2.63. The summed E-state index contributed by atoms with van der Waals surface area (Å²) in [5.74, 6) is -1.15. The Morgan fingerprint density at radius 1 is 0.963 bits per heavy atom. The van der Waals surface area contributed by atoms with Crippen LogP contribution in [0.3, 0.4) is 0 Å². The van der Waals surface area contributed by atoms with Crippen LogP contribution in [0.15, 0.2) is 36.4 Å². The Balaban J connectivity index is 0.00000261. The maximum absolute atomic E-state index is 14.0. The van der Waals surface area contributed by atoms with Gasteiger partial charge in [0.1, 0.15) is 5.82 Å². The minimum absolute atomic E-state index is 0. The Morgan fingerprint density at radius 2 is 1.52 bits per heavy atom. The molecule has 0 saturated carbocycles. The summed E-state index contributed by atoms with van der Waals surface area (Å²) in [7, 11) is 0. The lowest BCUT2D eigenvalue weighted by Crippen LogP contribution is -2.50. The van der Waals surface area contributed by atoms with E-state index in [1.165, 1.54) is 12.1 Å². The number of carbonyl (C=O) groups is 2. The summed E-state index contributed by atoms with van der Waals surface area (Å²) in [6.45, 7) is 3.31. The van der Waals surface area contributed by atoms with Crippen molar-refractivity contribution in [3.05, 3.63) is 63.9 Å². The molecule has 1 aliphatic heterocycles. The molecular weight excluding hydrogens is 392 g/mol. The number of halogens is 3. The maximum Gasteiger partial charge on any atom is 0.256 e. The van der Waals surface area contributed by atoms with Gasteiger partial charge in [-0.2, -0.15) is 0 Å². The highest BCUT2D eigenvalue weighted by molar-refractivity contribution is 6.30. The lowest BCUT2D eigenvalue weighted by atomic mass is 10.1.